The molecule has 0 spiro atoms. The van der Waals surface area contributed by atoms with E-state index in [0.717, 1.165) is 50.5 Å². The van der Waals surface area contributed by atoms with Crippen LogP contribution in [0.1, 0.15) is 49.4 Å². The molecule has 6 rings (SSSR count). The molecule has 7 nitrogen and oxygen atoms in total. The Morgan fingerprint density at radius 1 is 1.00 bits per heavy atom. The molecular weight excluding hydrogens is 479 g/mol. The van der Waals surface area contributed by atoms with Gasteiger partial charge in [0.25, 0.3) is 0 Å². The van der Waals surface area contributed by atoms with Crippen LogP contribution in [0.4, 0.5) is 24.8 Å². The van der Waals surface area contributed by atoms with Gasteiger partial charge >= 0.3 is 0 Å². The normalized spacial score (nSPS) is 25.9. The summed E-state index contributed by atoms with van der Waals surface area (Å²) in [6, 6.07) is 4.37. The van der Waals surface area contributed by atoms with Gasteiger partial charge in [-0.1, -0.05) is 24.1 Å². The van der Waals surface area contributed by atoms with Crippen LogP contribution in [0.15, 0.2) is 24.4 Å². The van der Waals surface area contributed by atoms with Gasteiger partial charge in [0.2, 0.25) is 5.95 Å². The van der Waals surface area contributed by atoms with E-state index < -0.39 is 23.4 Å². The Kier molecular flexibility index (Phi) is 5.78. The molecule has 4 atom stereocenters. The number of rotatable bonds is 4. The fourth-order valence-electron chi connectivity index (χ4n) is 6.00. The lowest BCUT2D eigenvalue weighted by Crippen LogP contribution is -2.48. The molecule has 1 unspecified atom stereocenters. The van der Waals surface area contributed by atoms with Gasteiger partial charge in [-0.25, -0.2) is 17.9 Å². The molecule has 3 aliphatic rings. The van der Waals surface area contributed by atoms with Gasteiger partial charge in [0, 0.05) is 43.2 Å². The van der Waals surface area contributed by atoms with Gasteiger partial charge in [0.15, 0.2) is 22.6 Å². The Labute approximate surface area is 205 Å². The molecule has 184 valence electrons. The predicted molar refractivity (Wildman–Crippen MR) is 125 cm³/mol. The number of nitrogens with zero attached hydrogens (tertiary/aromatic N) is 6. The third-order valence-electron chi connectivity index (χ3n) is 7.67. The highest BCUT2D eigenvalue weighted by Gasteiger charge is 2.43. The lowest BCUT2D eigenvalue weighted by molar-refractivity contribution is 0.376. The van der Waals surface area contributed by atoms with Crippen molar-refractivity contribution >= 4 is 23.2 Å². The number of aryl methyl sites for hydroxylation is 1. The fraction of sp³-hybridized carbons (Fsp3) is 0.500. The molecule has 1 saturated carbocycles. The highest BCUT2D eigenvalue weighted by Crippen LogP contribution is 2.41. The maximum absolute atomic E-state index is 14.7. The maximum atomic E-state index is 14.7. The van der Waals surface area contributed by atoms with Crippen LogP contribution in [-0.4, -0.2) is 44.1 Å². The summed E-state index contributed by atoms with van der Waals surface area (Å²) in [7, 11) is 0. The smallest absolute Gasteiger partial charge is 0.242 e. The molecule has 1 N–H and O–H groups in total. The van der Waals surface area contributed by atoms with E-state index in [1.54, 1.807) is 10.9 Å². The summed E-state index contributed by atoms with van der Waals surface area (Å²) in [6.45, 7) is 2.39. The topological polar surface area (TPSA) is 71.8 Å². The minimum Gasteiger partial charge on any atom is -0.369 e. The first kappa shape index (κ1) is 22.6. The van der Waals surface area contributed by atoms with Crippen molar-refractivity contribution < 1.29 is 13.2 Å². The third-order valence-corrected chi connectivity index (χ3v) is 7.85. The lowest BCUT2D eigenvalue weighted by Gasteiger charge is -2.39. The molecule has 0 amide bonds. The van der Waals surface area contributed by atoms with E-state index in [0.29, 0.717) is 41.7 Å². The summed E-state index contributed by atoms with van der Waals surface area (Å²) >= 11 is 6.04. The molecule has 2 bridgehead atoms. The second kappa shape index (κ2) is 8.96. The summed E-state index contributed by atoms with van der Waals surface area (Å²) in [6.07, 6.45) is 6.23. The molecule has 1 saturated heterocycles. The number of halogens is 4. The van der Waals surface area contributed by atoms with Crippen molar-refractivity contribution in [1.29, 1.82) is 0 Å². The molecule has 0 radical (unpaired) electrons. The van der Waals surface area contributed by atoms with Gasteiger partial charge < -0.3 is 10.2 Å². The number of hydrogen-bond acceptors (Lipinski definition) is 6. The molecule has 35 heavy (non-hydrogen) atoms. The Balaban J connectivity index is 1.24. The summed E-state index contributed by atoms with van der Waals surface area (Å²) < 4.78 is 44.0. The Bertz CT molecular complexity index is 1240. The number of hydrogen-bond donors (Lipinski definition) is 1. The summed E-state index contributed by atoms with van der Waals surface area (Å²) in [5, 5.41) is 16.4. The van der Waals surface area contributed by atoms with Gasteiger partial charge in [0.1, 0.15) is 5.82 Å². The van der Waals surface area contributed by atoms with Crippen molar-refractivity contribution in [3.8, 4) is 0 Å². The first-order valence-corrected chi connectivity index (χ1v) is 12.4. The van der Waals surface area contributed by atoms with Crippen LogP contribution < -0.4 is 10.2 Å². The molecular formula is C24H25ClF3N7. The Morgan fingerprint density at radius 3 is 2.57 bits per heavy atom. The van der Waals surface area contributed by atoms with Gasteiger partial charge in [-0.2, -0.15) is 10.1 Å². The molecule has 2 aromatic heterocycles. The van der Waals surface area contributed by atoms with Crippen molar-refractivity contribution in [2.45, 2.75) is 50.6 Å². The standard InChI is InChI=1S/C24H25ClF3N7/c25-19-9-15(10-29-32-19)34-11-13-4-5-14(12-34)22(13)30-24-31-23-17(3-1-2-8-35(23)33-24)16-6-7-18(26)21(28)20(16)27/h6-7,9-10,13-14,17,22H,1-5,8,11-12H2,(H,30,33)/t13-,14?,17-,22-/m0/s1. The number of aromatic nitrogens is 5. The molecule has 3 aromatic rings. The zero-order chi connectivity index (χ0) is 24.1. The number of piperidine rings is 1. The number of nitrogens with one attached hydrogen (secondary N) is 1. The van der Waals surface area contributed by atoms with E-state index in [2.05, 4.69) is 20.4 Å². The van der Waals surface area contributed by atoms with Crippen molar-refractivity contribution in [2.24, 2.45) is 11.8 Å². The van der Waals surface area contributed by atoms with E-state index in [9.17, 15) is 13.2 Å². The van der Waals surface area contributed by atoms with E-state index in [1.165, 1.54) is 6.07 Å². The Morgan fingerprint density at radius 2 is 1.80 bits per heavy atom. The minimum absolute atomic E-state index is 0.129. The highest BCUT2D eigenvalue weighted by molar-refractivity contribution is 6.29. The van der Waals surface area contributed by atoms with E-state index in [4.69, 9.17) is 21.7 Å². The largest absolute Gasteiger partial charge is 0.369 e. The average molecular weight is 504 g/mol. The molecule has 2 aliphatic heterocycles. The van der Waals surface area contributed by atoms with E-state index in [-0.39, 0.29) is 11.6 Å². The molecule has 1 aliphatic carbocycles. The van der Waals surface area contributed by atoms with Gasteiger partial charge in [-0.15, -0.1) is 10.2 Å². The van der Waals surface area contributed by atoms with Crippen LogP contribution in [0.25, 0.3) is 0 Å². The minimum atomic E-state index is -1.44. The van der Waals surface area contributed by atoms with Crippen LogP contribution in [0, 0.1) is 29.3 Å². The first-order chi connectivity index (χ1) is 17.0. The number of benzene rings is 1. The lowest BCUT2D eigenvalue weighted by atomic mass is 9.92. The van der Waals surface area contributed by atoms with Crippen LogP contribution >= 0.6 is 11.6 Å². The van der Waals surface area contributed by atoms with Crippen molar-refractivity contribution in [2.75, 3.05) is 23.3 Å². The fourth-order valence-corrected chi connectivity index (χ4v) is 6.16. The zero-order valence-corrected chi connectivity index (χ0v) is 19.7. The number of fused-ring (bicyclic) bond motifs is 3. The SMILES string of the molecule is Fc1ccc([C@@H]2CCCCn3nc(N[C@@H]4C5CC[C@H]4CN(c4cnnc(Cl)c4)C5)nc32)c(F)c1F. The van der Waals surface area contributed by atoms with Crippen molar-refractivity contribution in [3.05, 3.63) is 58.4 Å². The summed E-state index contributed by atoms with van der Waals surface area (Å²) in [5.41, 5.74) is 1.10. The second-order valence-corrected chi connectivity index (χ2v) is 10.1. The molecule has 11 heteroatoms. The van der Waals surface area contributed by atoms with Crippen LogP contribution in [-0.2, 0) is 6.54 Å². The van der Waals surface area contributed by atoms with Crippen molar-refractivity contribution in [3.63, 3.8) is 0 Å². The van der Waals surface area contributed by atoms with Crippen LogP contribution in [0.2, 0.25) is 5.15 Å². The zero-order valence-electron chi connectivity index (χ0n) is 19.0. The van der Waals surface area contributed by atoms with E-state index >= 15 is 0 Å². The number of anilines is 2. The quantitative estimate of drug-likeness (QED) is 0.517. The molecule has 1 aromatic carbocycles. The summed E-state index contributed by atoms with van der Waals surface area (Å²) in [4.78, 5) is 7.05. The Hall–Kier alpha value is -2.88. The highest BCUT2D eigenvalue weighted by atomic mass is 35.5. The maximum Gasteiger partial charge on any atom is 0.242 e. The third kappa shape index (κ3) is 4.11. The van der Waals surface area contributed by atoms with Crippen LogP contribution in [0.3, 0.4) is 0 Å². The van der Waals surface area contributed by atoms with Crippen molar-refractivity contribution in [1.82, 2.24) is 25.0 Å². The average Bonchev–Trinajstić information content (AvgIpc) is 3.25. The molecule has 2 fully saturated rings. The van der Waals surface area contributed by atoms with Crippen LogP contribution in [0.5, 0.6) is 0 Å². The van der Waals surface area contributed by atoms with Gasteiger partial charge in [-0.3, -0.25) is 0 Å². The second-order valence-electron chi connectivity index (χ2n) is 9.74. The van der Waals surface area contributed by atoms with Gasteiger partial charge in [0.05, 0.1) is 11.9 Å². The van der Waals surface area contributed by atoms with E-state index in [1.807, 2.05) is 6.07 Å². The predicted octanol–water partition coefficient (Wildman–Crippen LogP) is 4.78. The molecule has 4 heterocycles. The summed E-state index contributed by atoms with van der Waals surface area (Å²) in [5.74, 6) is -2.32. The van der Waals surface area contributed by atoms with Gasteiger partial charge in [-0.05, 0) is 43.6 Å². The first-order valence-electron chi connectivity index (χ1n) is 12.1. The monoisotopic (exact) mass is 503 g/mol.